The van der Waals surface area contributed by atoms with Crippen molar-refractivity contribution >= 4 is 23.2 Å². The number of aryl methyl sites for hydroxylation is 1. The first kappa shape index (κ1) is 16.8. The summed E-state index contributed by atoms with van der Waals surface area (Å²) in [7, 11) is 1.62. The van der Waals surface area contributed by atoms with Gasteiger partial charge in [-0.15, -0.1) is 0 Å². The van der Waals surface area contributed by atoms with E-state index in [0.29, 0.717) is 22.2 Å². The molecule has 0 spiro atoms. The van der Waals surface area contributed by atoms with E-state index in [1.54, 1.807) is 43.4 Å². The van der Waals surface area contributed by atoms with Crippen LogP contribution >= 0.6 is 11.6 Å². The Bertz CT molecular complexity index is 968. The van der Waals surface area contributed by atoms with Crippen molar-refractivity contribution in [2.24, 2.45) is 7.05 Å². The van der Waals surface area contributed by atoms with Crippen LogP contribution in [0.5, 0.6) is 11.5 Å². The molecule has 5 nitrogen and oxygen atoms in total. The fourth-order valence-corrected chi connectivity index (χ4v) is 2.36. The van der Waals surface area contributed by atoms with Crippen molar-refractivity contribution in [2.75, 3.05) is 5.32 Å². The van der Waals surface area contributed by atoms with Gasteiger partial charge in [-0.1, -0.05) is 29.8 Å². The lowest BCUT2D eigenvalue weighted by atomic mass is 10.2. The monoisotopic (exact) mass is 354 g/mol. The maximum absolute atomic E-state index is 12.4. The van der Waals surface area contributed by atoms with E-state index in [2.05, 4.69) is 5.32 Å². The van der Waals surface area contributed by atoms with Crippen molar-refractivity contribution in [1.29, 1.82) is 0 Å². The minimum Gasteiger partial charge on any atom is -0.455 e. The van der Waals surface area contributed by atoms with Gasteiger partial charge >= 0.3 is 0 Å². The van der Waals surface area contributed by atoms with Crippen LogP contribution in [0.2, 0.25) is 5.02 Å². The molecule has 1 amide bonds. The van der Waals surface area contributed by atoms with Gasteiger partial charge in [0.05, 0.1) is 5.69 Å². The standard InChI is InChI=1S/C19H15ClN2O3/c1-22-10-9-13(11-18(22)23)19(24)21-16-12-14(20)7-8-17(16)25-15-5-3-2-4-6-15/h2-12H,1H3,(H,21,24). The number of hydrogen-bond acceptors (Lipinski definition) is 3. The molecule has 0 aliphatic rings. The van der Waals surface area contributed by atoms with E-state index in [-0.39, 0.29) is 11.1 Å². The van der Waals surface area contributed by atoms with Crippen molar-refractivity contribution in [1.82, 2.24) is 4.57 Å². The number of para-hydroxylation sites is 1. The van der Waals surface area contributed by atoms with E-state index >= 15 is 0 Å². The molecule has 25 heavy (non-hydrogen) atoms. The predicted molar refractivity (Wildman–Crippen MR) is 97.6 cm³/mol. The highest BCUT2D eigenvalue weighted by atomic mass is 35.5. The first-order valence-electron chi connectivity index (χ1n) is 7.53. The molecule has 3 aromatic rings. The number of carbonyl (C=O) groups is 1. The molecule has 6 heteroatoms. The summed E-state index contributed by atoms with van der Waals surface area (Å²) in [6.07, 6.45) is 1.54. The maximum Gasteiger partial charge on any atom is 0.256 e. The SMILES string of the molecule is Cn1ccc(C(=O)Nc2cc(Cl)ccc2Oc2ccccc2)cc1=O. The van der Waals surface area contributed by atoms with Crippen molar-refractivity contribution in [2.45, 2.75) is 0 Å². The molecule has 0 atom stereocenters. The number of carbonyl (C=O) groups excluding carboxylic acids is 1. The molecule has 1 heterocycles. The number of aromatic nitrogens is 1. The molecular formula is C19H15ClN2O3. The third-order valence-corrected chi connectivity index (χ3v) is 3.76. The average Bonchev–Trinajstić information content (AvgIpc) is 2.60. The lowest BCUT2D eigenvalue weighted by molar-refractivity contribution is 0.102. The molecule has 0 fully saturated rings. The van der Waals surface area contributed by atoms with Crippen LogP contribution in [0.4, 0.5) is 5.69 Å². The molecule has 2 aromatic carbocycles. The number of halogens is 1. The van der Waals surface area contributed by atoms with E-state index in [1.807, 2.05) is 18.2 Å². The summed E-state index contributed by atoms with van der Waals surface area (Å²) in [5, 5.41) is 3.20. The smallest absolute Gasteiger partial charge is 0.256 e. The molecule has 126 valence electrons. The molecule has 0 saturated heterocycles. The second kappa shape index (κ2) is 7.23. The Morgan fingerprint density at radius 2 is 1.84 bits per heavy atom. The van der Waals surface area contributed by atoms with Crippen LogP contribution in [0.25, 0.3) is 0 Å². The van der Waals surface area contributed by atoms with Gasteiger partial charge in [0.2, 0.25) is 0 Å². The second-order valence-corrected chi connectivity index (χ2v) is 5.81. The van der Waals surface area contributed by atoms with Crippen LogP contribution in [0.3, 0.4) is 0 Å². The molecule has 0 unspecified atom stereocenters. The Kier molecular flexibility index (Phi) is 4.86. The molecule has 0 bridgehead atoms. The highest BCUT2D eigenvalue weighted by molar-refractivity contribution is 6.31. The maximum atomic E-state index is 12.4. The summed E-state index contributed by atoms with van der Waals surface area (Å²) in [4.78, 5) is 24.1. The van der Waals surface area contributed by atoms with E-state index < -0.39 is 5.91 Å². The third kappa shape index (κ3) is 4.08. The molecular weight excluding hydrogens is 340 g/mol. The van der Waals surface area contributed by atoms with Crippen LogP contribution in [0.1, 0.15) is 10.4 Å². The summed E-state index contributed by atoms with van der Waals surface area (Å²) in [6, 6.07) is 17.0. The molecule has 3 rings (SSSR count). The molecule has 0 aliphatic carbocycles. The van der Waals surface area contributed by atoms with Gasteiger partial charge in [-0.3, -0.25) is 9.59 Å². The zero-order valence-electron chi connectivity index (χ0n) is 13.4. The number of nitrogens with one attached hydrogen (secondary N) is 1. The summed E-state index contributed by atoms with van der Waals surface area (Å²) in [5.74, 6) is 0.666. The van der Waals surface area contributed by atoms with Gasteiger partial charge in [0, 0.05) is 29.9 Å². The largest absolute Gasteiger partial charge is 0.455 e. The quantitative estimate of drug-likeness (QED) is 0.767. The summed E-state index contributed by atoms with van der Waals surface area (Å²) in [6.45, 7) is 0. The lowest BCUT2D eigenvalue weighted by Crippen LogP contribution is -2.20. The number of benzene rings is 2. The third-order valence-electron chi connectivity index (χ3n) is 3.53. The number of rotatable bonds is 4. The number of ether oxygens (including phenoxy) is 1. The molecule has 0 saturated carbocycles. The number of anilines is 1. The van der Waals surface area contributed by atoms with Crippen molar-refractivity contribution < 1.29 is 9.53 Å². The summed E-state index contributed by atoms with van der Waals surface area (Å²) < 4.78 is 7.19. The van der Waals surface area contributed by atoms with Gasteiger partial charge in [0.25, 0.3) is 11.5 Å². The zero-order chi connectivity index (χ0) is 17.8. The zero-order valence-corrected chi connectivity index (χ0v) is 14.2. The van der Waals surface area contributed by atoms with Gasteiger partial charge in [-0.25, -0.2) is 0 Å². The first-order chi connectivity index (χ1) is 12.0. The van der Waals surface area contributed by atoms with Gasteiger partial charge in [-0.05, 0) is 36.4 Å². The van der Waals surface area contributed by atoms with E-state index in [9.17, 15) is 9.59 Å². The highest BCUT2D eigenvalue weighted by Gasteiger charge is 2.12. The van der Waals surface area contributed by atoms with Crippen molar-refractivity contribution in [3.05, 3.63) is 87.8 Å². The first-order valence-corrected chi connectivity index (χ1v) is 7.91. The fraction of sp³-hybridized carbons (Fsp3) is 0.0526. The second-order valence-electron chi connectivity index (χ2n) is 5.37. The minimum absolute atomic E-state index is 0.258. The van der Waals surface area contributed by atoms with Gasteiger partial charge < -0.3 is 14.6 Å². The summed E-state index contributed by atoms with van der Waals surface area (Å²) in [5.41, 5.74) is 0.412. The Labute approximate surface area is 149 Å². The topological polar surface area (TPSA) is 60.3 Å². The number of pyridine rings is 1. The van der Waals surface area contributed by atoms with Crippen LogP contribution in [-0.2, 0) is 7.05 Å². The van der Waals surface area contributed by atoms with Crippen LogP contribution in [-0.4, -0.2) is 10.5 Å². The highest BCUT2D eigenvalue weighted by Crippen LogP contribution is 2.32. The molecule has 0 radical (unpaired) electrons. The van der Waals surface area contributed by atoms with E-state index in [1.165, 1.54) is 16.8 Å². The lowest BCUT2D eigenvalue weighted by Gasteiger charge is -2.13. The number of amides is 1. The normalized spacial score (nSPS) is 10.3. The Morgan fingerprint density at radius 3 is 2.56 bits per heavy atom. The van der Waals surface area contributed by atoms with E-state index in [0.717, 1.165) is 0 Å². The van der Waals surface area contributed by atoms with Crippen LogP contribution in [0.15, 0.2) is 71.7 Å². The van der Waals surface area contributed by atoms with Crippen LogP contribution in [0, 0.1) is 0 Å². The Morgan fingerprint density at radius 1 is 1.08 bits per heavy atom. The minimum atomic E-state index is -0.419. The Hall–Kier alpha value is -3.05. The molecule has 0 aliphatic heterocycles. The Balaban J connectivity index is 1.88. The van der Waals surface area contributed by atoms with Crippen LogP contribution < -0.4 is 15.6 Å². The molecule has 1 aromatic heterocycles. The fourth-order valence-electron chi connectivity index (χ4n) is 2.19. The van der Waals surface area contributed by atoms with Gasteiger partial charge in [0.1, 0.15) is 5.75 Å². The van der Waals surface area contributed by atoms with Crippen molar-refractivity contribution in [3.63, 3.8) is 0 Å². The average molecular weight is 355 g/mol. The van der Waals surface area contributed by atoms with Gasteiger partial charge in [-0.2, -0.15) is 0 Å². The van der Waals surface area contributed by atoms with Gasteiger partial charge in [0.15, 0.2) is 5.75 Å². The van der Waals surface area contributed by atoms with Crippen molar-refractivity contribution in [3.8, 4) is 11.5 Å². The summed E-state index contributed by atoms with van der Waals surface area (Å²) >= 11 is 6.04. The van der Waals surface area contributed by atoms with E-state index in [4.69, 9.17) is 16.3 Å². The molecule has 1 N–H and O–H groups in total. The number of hydrogen-bond donors (Lipinski definition) is 1. The number of nitrogens with zero attached hydrogens (tertiary/aromatic N) is 1. The predicted octanol–water partition coefficient (Wildman–Crippen LogP) is 4.08.